The summed E-state index contributed by atoms with van der Waals surface area (Å²) in [5.41, 5.74) is 0. The lowest BCUT2D eigenvalue weighted by molar-refractivity contribution is -0.142. The second kappa shape index (κ2) is 6.33. The number of carbonyl (C=O) groups excluding carboxylic acids is 1. The van der Waals surface area contributed by atoms with Crippen LogP contribution < -0.4 is 0 Å². The Morgan fingerprint density at radius 1 is 1.60 bits per heavy atom. The zero-order valence-electron chi connectivity index (χ0n) is 6.59. The SMILES string of the molecule is C/C=C\CCC(=O)OCC. The van der Waals surface area contributed by atoms with Crippen LogP contribution in [-0.4, -0.2) is 12.6 Å². The fourth-order valence-electron chi connectivity index (χ4n) is 0.601. The van der Waals surface area contributed by atoms with Crippen LogP contribution in [0.2, 0.25) is 0 Å². The van der Waals surface area contributed by atoms with Crippen LogP contribution in [0.25, 0.3) is 0 Å². The monoisotopic (exact) mass is 142 g/mol. The van der Waals surface area contributed by atoms with Gasteiger partial charge in [0, 0.05) is 6.42 Å². The molecule has 0 radical (unpaired) electrons. The second-order valence-electron chi connectivity index (χ2n) is 1.91. The maximum absolute atomic E-state index is 10.7. The molecule has 0 saturated carbocycles. The van der Waals surface area contributed by atoms with Crippen LogP contribution in [-0.2, 0) is 9.53 Å². The molecule has 0 saturated heterocycles. The smallest absolute Gasteiger partial charge is 0.306 e. The zero-order chi connectivity index (χ0) is 7.82. The Labute approximate surface area is 61.9 Å². The molecule has 10 heavy (non-hydrogen) atoms. The molecule has 0 atom stereocenters. The fraction of sp³-hybridized carbons (Fsp3) is 0.625. The number of esters is 1. The molecular formula is C8H14O2. The third-order valence-corrected chi connectivity index (χ3v) is 1.06. The molecule has 0 rings (SSSR count). The Kier molecular flexibility index (Phi) is 5.83. The second-order valence-corrected chi connectivity index (χ2v) is 1.91. The van der Waals surface area contributed by atoms with Gasteiger partial charge in [-0.2, -0.15) is 0 Å². The molecule has 0 amide bonds. The minimum atomic E-state index is -0.111. The molecule has 0 aliphatic carbocycles. The highest BCUT2D eigenvalue weighted by Gasteiger charge is 1.96. The summed E-state index contributed by atoms with van der Waals surface area (Å²) in [5, 5.41) is 0. The van der Waals surface area contributed by atoms with E-state index in [1.165, 1.54) is 0 Å². The molecule has 0 aromatic carbocycles. The third kappa shape index (κ3) is 5.35. The Hall–Kier alpha value is -0.790. The number of hydrogen-bond acceptors (Lipinski definition) is 2. The molecule has 0 N–H and O–H groups in total. The van der Waals surface area contributed by atoms with Gasteiger partial charge in [0.2, 0.25) is 0 Å². The van der Waals surface area contributed by atoms with E-state index in [-0.39, 0.29) is 5.97 Å². The predicted octanol–water partition coefficient (Wildman–Crippen LogP) is 1.91. The van der Waals surface area contributed by atoms with Gasteiger partial charge in [0.05, 0.1) is 6.61 Å². The third-order valence-electron chi connectivity index (χ3n) is 1.06. The number of hydrogen-bond donors (Lipinski definition) is 0. The van der Waals surface area contributed by atoms with Crippen LogP contribution in [0.1, 0.15) is 26.7 Å². The van der Waals surface area contributed by atoms with Crippen LogP contribution in [0.4, 0.5) is 0 Å². The van der Waals surface area contributed by atoms with Crippen molar-refractivity contribution in [1.82, 2.24) is 0 Å². The first kappa shape index (κ1) is 9.21. The van der Waals surface area contributed by atoms with E-state index in [0.717, 1.165) is 6.42 Å². The summed E-state index contributed by atoms with van der Waals surface area (Å²) in [6.07, 6.45) is 5.17. The van der Waals surface area contributed by atoms with Crippen LogP contribution in [0, 0.1) is 0 Å². The summed E-state index contributed by atoms with van der Waals surface area (Å²) in [6.45, 7) is 4.23. The van der Waals surface area contributed by atoms with Crippen molar-refractivity contribution in [1.29, 1.82) is 0 Å². The van der Waals surface area contributed by atoms with E-state index in [9.17, 15) is 4.79 Å². The minimum Gasteiger partial charge on any atom is -0.466 e. The van der Waals surface area contributed by atoms with Gasteiger partial charge in [0.1, 0.15) is 0 Å². The molecule has 0 bridgehead atoms. The lowest BCUT2D eigenvalue weighted by Gasteiger charge is -1.97. The first-order chi connectivity index (χ1) is 4.81. The van der Waals surface area contributed by atoms with Crippen molar-refractivity contribution >= 4 is 5.97 Å². The Morgan fingerprint density at radius 3 is 2.80 bits per heavy atom. The molecule has 0 spiro atoms. The standard InChI is InChI=1S/C8H14O2/c1-3-5-6-7-8(9)10-4-2/h3,5H,4,6-7H2,1-2H3/b5-3-. The molecule has 0 aromatic heterocycles. The van der Waals surface area contributed by atoms with Gasteiger partial charge in [0.15, 0.2) is 0 Å². The quantitative estimate of drug-likeness (QED) is 0.442. The molecule has 2 heteroatoms. The zero-order valence-corrected chi connectivity index (χ0v) is 6.59. The maximum atomic E-state index is 10.7. The highest BCUT2D eigenvalue weighted by atomic mass is 16.5. The summed E-state index contributed by atoms with van der Waals surface area (Å²) in [6, 6.07) is 0. The Bertz CT molecular complexity index is 116. The van der Waals surface area contributed by atoms with E-state index in [4.69, 9.17) is 4.74 Å². The van der Waals surface area contributed by atoms with Gasteiger partial charge in [-0.1, -0.05) is 12.2 Å². The lowest BCUT2D eigenvalue weighted by atomic mass is 10.3. The normalized spacial score (nSPS) is 10.2. The van der Waals surface area contributed by atoms with Crippen LogP contribution in [0.5, 0.6) is 0 Å². The Balaban J connectivity index is 3.21. The van der Waals surface area contributed by atoms with Gasteiger partial charge in [-0.15, -0.1) is 0 Å². The molecule has 0 unspecified atom stereocenters. The Morgan fingerprint density at radius 2 is 2.30 bits per heavy atom. The van der Waals surface area contributed by atoms with E-state index in [2.05, 4.69) is 0 Å². The summed E-state index contributed by atoms with van der Waals surface area (Å²) in [7, 11) is 0. The van der Waals surface area contributed by atoms with E-state index < -0.39 is 0 Å². The van der Waals surface area contributed by atoms with Crippen molar-refractivity contribution < 1.29 is 9.53 Å². The number of ether oxygens (including phenoxy) is 1. The molecule has 58 valence electrons. The van der Waals surface area contributed by atoms with Crippen LogP contribution in [0.15, 0.2) is 12.2 Å². The summed E-state index contributed by atoms with van der Waals surface area (Å²) in [5.74, 6) is -0.111. The average Bonchev–Trinajstić information content (AvgIpc) is 1.89. The largest absolute Gasteiger partial charge is 0.466 e. The van der Waals surface area contributed by atoms with E-state index >= 15 is 0 Å². The molecule has 0 aliphatic rings. The number of carbonyl (C=O) groups is 1. The van der Waals surface area contributed by atoms with Gasteiger partial charge in [0.25, 0.3) is 0 Å². The van der Waals surface area contributed by atoms with Crippen molar-refractivity contribution in [3.63, 3.8) is 0 Å². The van der Waals surface area contributed by atoms with Crippen LogP contribution in [0.3, 0.4) is 0 Å². The van der Waals surface area contributed by atoms with Gasteiger partial charge in [-0.3, -0.25) is 4.79 Å². The van der Waals surface area contributed by atoms with E-state index in [1.54, 1.807) is 0 Å². The van der Waals surface area contributed by atoms with Crippen molar-refractivity contribution in [3.05, 3.63) is 12.2 Å². The van der Waals surface area contributed by atoms with Gasteiger partial charge < -0.3 is 4.74 Å². The van der Waals surface area contributed by atoms with Gasteiger partial charge >= 0.3 is 5.97 Å². The average molecular weight is 142 g/mol. The molecule has 0 fully saturated rings. The highest BCUT2D eigenvalue weighted by Crippen LogP contribution is 1.93. The van der Waals surface area contributed by atoms with Crippen molar-refractivity contribution in [2.24, 2.45) is 0 Å². The first-order valence-corrected chi connectivity index (χ1v) is 3.58. The fourth-order valence-corrected chi connectivity index (χ4v) is 0.601. The van der Waals surface area contributed by atoms with E-state index in [0.29, 0.717) is 13.0 Å². The van der Waals surface area contributed by atoms with Crippen LogP contribution >= 0.6 is 0 Å². The van der Waals surface area contributed by atoms with E-state index in [1.807, 2.05) is 26.0 Å². The maximum Gasteiger partial charge on any atom is 0.306 e. The van der Waals surface area contributed by atoms with Crippen molar-refractivity contribution in [2.75, 3.05) is 6.61 Å². The summed E-state index contributed by atoms with van der Waals surface area (Å²) in [4.78, 5) is 10.7. The lowest BCUT2D eigenvalue weighted by Crippen LogP contribution is -2.02. The topological polar surface area (TPSA) is 26.3 Å². The summed E-state index contributed by atoms with van der Waals surface area (Å²) >= 11 is 0. The molecule has 0 aromatic rings. The first-order valence-electron chi connectivity index (χ1n) is 3.58. The number of rotatable bonds is 4. The highest BCUT2D eigenvalue weighted by molar-refractivity contribution is 5.69. The molecule has 0 aliphatic heterocycles. The number of allylic oxidation sites excluding steroid dienone is 2. The predicted molar refractivity (Wildman–Crippen MR) is 40.7 cm³/mol. The van der Waals surface area contributed by atoms with Crippen molar-refractivity contribution in [3.8, 4) is 0 Å². The van der Waals surface area contributed by atoms with Crippen molar-refractivity contribution in [2.45, 2.75) is 26.7 Å². The van der Waals surface area contributed by atoms with Gasteiger partial charge in [-0.05, 0) is 20.3 Å². The molecule has 0 heterocycles. The molecule has 2 nitrogen and oxygen atoms in total. The molecular weight excluding hydrogens is 128 g/mol. The minimum absolute atomic E-state index is 0.111. The summed E-state index contributed by atoms with van der Waals surface area (Å²) < 4.78 is 4.72. The van der Waals surface area contributed by atoms with Gasteiger partial charge in [-0.25, -0.2) is 0 Å².